The van der Waals surface area contributed by atoms with Crippen LogP contribution >= 0.6 is 0 Å². The third-order valence-electron chi connectivity index (χ3n) is 7.88. The van der Waals surface area contributed by atoms with Gasteiger partial charge in [-0.15, -0.1) is 0 Å². The number of hydrogen-bond acceptors (Lipinski definition) is 10. The van der Waals surface area contributed by atoms with Gasteiger partial charge >= 0.3 is 0 Å². The first-order chi connectivity index (χ1) is 16.6. The van der Waals surface area contributed by atoms with E-state index in [4.69, 9.17) is 18.9 Å². The lowest BCUT2D eigenvalue weighted by Crippen LogP contribution is -2.59. The summed E-state index contributed by atoms with van der Waals surface area (Å²) in [4.78, 5) is 28.9. The molecule has 1 saturated heterocycles. The number of fused-ring (bicyclic) bond motifs is 4. The molecule has 2 aromatic rings. The maximum Gasteiger partial charge on any atom is 0.204 e. The lowest BCUT2D eigenvalue weighted by molar-refractivity contribution is -0.167. The predicted octanol–water partition coefficient (Wildman–Crippen LogP) is 1.38. The van der Waals surface area contributed by atoms with Gasteiger partial charge in [0.1, 0.15) is 11.5 Å². The first-order valence-electron chi connectivity index (χ1n) is 11.3. The van der Waals surface area contributed by atoms with E-state index in [9.17, 15) is 24.9 Å². The molecule has 3 N–H and O–H groups in total. The largest absolute Gasteiger partial charge is 0.506 e. The van der Waals surface area contributed by atoms with Gasteiger partial charge in [0.25, 0.3) is 0 Å². The van der Waals surface area contributed by atoms with Gasteiger partial charge in [-0.05, 0) is 19.5 Å². The molecule has 5 unspecified atom stereocenters. The Morgan fingerprint density at radius 3 is 2.17 bits per heavy atom. The minimum absolute atomic E-state index is 0.0509. The van der Waals surface area contributed by atoms with E-state index in [1.54, 1.807) is 0 Å². The summed E-state index contributed by atoms with van der Waals surface area (Å²) >= 11 is 0. The van der Waals surface area contributed by atoms with E-state index in [0.29, 0.717) is 6.54 Å². The number of aromatic hydroxyl groups is 1. The Kier molecular flexibility index (Phi) is 5.21. The van der Waals surface area contributed by atoms with Crippen LogP contribution in [0, 0.1) is 5.92 Å². The van der Waals surface area contributed by atoms with E-state index < -0.39 is 34.4 Å². The number of hydrogen-bond donors (Lipinski definition) is 3. The van der Waals surface area contributed by atoms with Crippen molar-refractivity contribution in [2.24, 2.45) is 5.92 Å². The highest BCUT2D eigenvalue weighted by atomic mass is 16.5. The van der Waals surface area contributed by atoms with Crippen molar-refractivity contribution in [3.05, 3.63) is 17.2 Å². The van der Waals surface area contributed by atoms with Crippen LogP contribution < -0.4 is 18.9 Å². The fourth-order valence-electron chi connectivity index (χ4n) is 6.15. The number of likely N-dealkylation sites (N-methyl/N-ethyl adjacent to an activating group) is 1. The molecule has 10 heteroatoms. The number of carbonyl (C=O) groups is 2. The van der Waals surface area contributed by atoms with Gasteiger partial charge in [0.05, 0.1) is 51.0 Å². The average Bonchev–Trinajstić information content (AvgIpc) is 3.57. The molecule has 5 atom stereocenters. The molecule has 0 amide bonds. The molecule has 3 aliphatic rings. The fourth-order valence-corrected chi connectivity index (χ4v) is 6.15. The van der Waals surface area contributed by atoms with E-state index in [1.165, 1.54) is 34.5 Å². The molecule has 2 fully saturated rings. The quantitative estimate of drug-likeness (QED) is 0.531. The molecule has 0 spiro atoms. The smallest absolute Gasteiger partial charge is 0.204 e. The minimum Gasteiger partial charge on any atom is -0.506 e. The zero-order chi connectivity index (χ0) is 25.4. The van der Waals surface area contributed by atoms with Crippen LogP contribution in [0.2, 0.25) is 0 Å². The number of benzene rings is 2. The van der Waals surface area contributed by atoms with Crippen LogP contribution in [0.3, 0.4) is 0 Å². The molecule has 10 nitrogen and oxygen atoms in total. The zero-order valence-corrected chi connectivity index (χ0v) is 20.3. The second-order valence-electron chi connectivity index (χ2n) is 9.65. The van der Waals surface area contributed by atoms with Gasteiger partial charge in [-0.25, -0.2) is 0 Å². The summed E-state index contributed by atoms with van der Waals surface area (Å²) in [6.45, 7) is 0.635. The first kappa shape index (κ1) is 23.7. The minimum atomic E-state index is -2.12. The van der Waals surface area contributed by atoms with Crippen LogP contribution in [0.25, 0.3) is 10.8 Å². The van der Waals surface area contributed by atoms with Gasteiger partial charge in [-0.3, -0.25) is 14.5 Å². The van der Waals surface area contributed by atoms with Gasteiger partial charge in [0.2, 0.25) is 5.75 Å². The number of carbonyl (C=O) groups excluding carboxylic acids is 2. The van der Waals surface area contributed by atoms with Crippen LogP contribution in [0.15, 0.2) is 6.07 Å². The Bertz CT molecular complexity index is 1270. The monoisotopic (exact) mass is 487 g/mol. The Hall–Kier alpha value is -3.08. The van der Waals surface area contributed by atoms with Crippen LogP contribution in [0.5, 0.6) is 28.7 Å². The van der Waals surface area contributed by atoms with Crippen LogP contribution in [-0.4, -0.2) is 85.5 Å². The van der Waals surface area contributed by atoms with Crippen molar-refractivity contribution in [1.82, 2.24) is 4.90 Å². The molecule has 2 aromatic carbocycles. The summed E-state index contributed by atoms with van der Waals surface area (Å²) in [6, 6.07) is 1.33. The lowest BCUT2D eigenvalue weighted by Gasteiger charge is -2.48. The summed E-state index contributed by atoms with van der Waals surface area (Å²) in [5.41, 5.74) is -3.75. The number of Topliss-reactive ketones (excluding diaryl/α,β-unsaturated/α-hetero) is 2. The maximum absolute atomic E-state index is 13.6. The molecule has 5 rings (SSSR count). The summed E-state index contributed by atoms with van der Waals surface area (Å²) in [5, 5.41) is 35.0. The molecule has 2 aliphatic carbocycles. The van der Waals surface area contributed by atoms with Crippen LogP contribution in [-0.2, 0) is 10.4 Å². The number of phenolic OH excluding ortho intramolecular Hbond substituents is 1. The van der Waals surface area contributed by atoms with E-state index in [0.717, 1.165) is 0 Å². The van der Waals surface area contributed by atoms with E-state index in [2.05, 4.69) is 0 Å². The molecule has 0 radical (unpaired) electrons. The van der Waals surface area contributed by atoms with Gasteiger partial charge in [-0.1, -0.05) is 0 Å². The highest BCUT2D eigenvalue weighted by Crippen LogP contribution is 2.59. The van der Waals surface area contributed by atoms with E-state index >= 15 is 0 Å². The Balaban J connectivity index is 1.82. The van der Waals surface area contributed by atoms with Crippen LogP contribution in [0.1, 0.15) is 35.2 Å². The molecule has 0 bridgehead atoms. The number of ether oxygens (including phenoxy) is 4. The van der Waals surface area contributed by atoms with E-state index in [-0.39, 0.29) is 70.2 Å². The maximum atomic E-state index is 13.6. The molecule has 0 aromatic heterocycles. The summed E-state index contributed by atoms with van der Waals surface area (Å²) in [6.07, 6.45) is -0.432. The average molecular weight is 488 g/mol. The van der Waals surface area contributed by atoms with Gasteiger partial charge in [-0.2, -0.15) is 0 Å². The number of aliphatic hydroxyl groups is 2. The van der Waals surface area contributed by atoms with Gasteiger partial charge < -0.3 is 34.3 Å². The van der Waals surface area contributed by atoms with Crippen molar-refractivity contribution in [1.29, 1.82) is 0 Å². The second-order valence-corrected chi connectivity index (χ2v) is 9.65. The summed E-state index contributed by atoms with van der Waals surface area (Å²) in [5.74, 6) is -1.77. The van der Waals surface area contributed by atoms with Gasteiger partial charge in [0.15, 0.2) is 28.7 Å². The highest BCUT2D eigenvalue weighted by Gasteiger charge is 2.63. The van der Waals surface area contributed by atoms with E-state index in [1.807, 2.05) is 11.9 Å². The van der Waals surface area contributed by atoms with Crippen molar-refractivity contribution in [3.63, 3.8) is 0 Å². The summed E-state index contributed by atoms with van der Waals surface area (Å²) < 4.78 is 22.1. The SMILES string of the molecule is COc1cc2c(OC)c3c(c(O)c2c(OC)c1OC)C(=O)CC1CC(O)(C2CN2C)CC(=O)C31O. The molecular weight excluding hydrogens is 458 g/mol. The Morgan fingerprint density at radius 1 is 1.00 bits per heavy atom. The molecule has 188 valence electrons. The first-order valence-corrected chi connectivity index (χ1v) is 11.3. The third kappa shape index (κ3) is 3.00. The molecule has 1 heterocycles. The normalized spacial score (nSPS) is 31.6. The number of phenols is 1. The third-order valence-corrected chi connectivity index (χ3v) is 7.88. The van der Waals surface area contributed by atoms with Crippen molar-refractivity contribution in [2.45, 2.75) is 36.5 Å². The van der Waals surface area contributed by atoms with Crippen molar-refractivity contribution >= 4 is 22.3 Å². The highest BCUT2D eigenvalue weighted by molar-refractivity contribution is 6.15. The predicted molar refractivity (Wildman–Crippen MR) is 124 cm³/mol. The topological polar surface area (TPSA) is 135 Å². The van der Waals surface area contributed by atoms with Gasteiger partial charge in [0, 0.05) is 36.3 Å². The molecule has 1 saturated carbocycles. The second kappa shape index (κ2) is 7.71. The number of methoxy groups -OCH3 is 4. The standard InChI is InChI=1S/C25H29NO9/c1-26-10-15(26)24(30)8-11-6-13(27)18-19(25(11,31)16(28)9-24)21(33-3)12-7-14(32-2)22(34-4)23(35-5)17(12)20(18)29/h7,11,15,29-31H,6,8-10H2,1-5H3. The fraction of sp³-hybridized carbons (Fsp3) is 0.520. The Morgan fingerprint density at radius 2 is 1.63 bits per heavy atom. The van der Waals surface area contributed by atoms with Crippen molar-refractivity contribution in [2.75, 3.05) is 42.0 Å². The molecule has 35 heavy (non-hydrogen) atoms. The van der Waals surface area contributed by atoms with Crippen molar-refractivity contribution in [3.8, 4) is 28.7 Å². The molecule has 1 aliphatic heterocycles. The van der Waals surface area contributed by atoms with Crippen molar-refractivity contribution < 1.29 is 43.9 Å². The van der Waals surface area contributed by atoms with Crippen LogP contribution in [0.4, 0.5) is 0 Å². The Labute approximate surface area is 201 Å². The number of nitrogens with zero attached hydrogens (tertiary/aromatic N) is 1. The number of rotatable bonds is 5. The lowest BCUT2D eigenvalue weighted by atomic mass is 9.58. The zero-order valence-electron chi connectivity index (χ0n) is 20.3. The number of ketones is 2. The summed E-state index contributed by atoms with van der Waals surface area (Å²) in [7, 11) is 7.43. The molecular formula is C25H29NO9.